The molecule has 0 aromatic rings. The van der Waals surface area contributed by atoms with Gasteiger partial charge in [0.05, 0.1) is 6.61 Å². The summed E-state index contributed by atoms with van der Waals surface area (Å²) in [6.07, 6.45) is 1.35. The van der Waals surface area contributed by atoms with E-state index in [4.69, 9.17) is 4.84 Å². The Kier molecular flexibility index (Phi) is 8.33. The Balaban J connectivity index is 3.26. The molecule has 0 radical (unpaired) electrons. The first kappa shape index (κ1) is 14.4. The fraction of sp³-hybridized carbons (Fsp3) is 0.909. The summed E-state index contributed by atoms with van der Waals surface area (Å²) in [7, 11) is 0. The van der Waals surface area contributed by atoms with Crippen molar-refractivity contribution < 1.29 is 9.63 Å². The van der Waals surface area contributed by atoms with Crippen LogP contribution in [0.15, 0.2) is 0 Å². The molecule has 0 saturated carbocycles. The van der Waals surface area contributed by atoms with E-state index in [0.29, 0.717) is 25.0 Å². The Hall–Kier alpha value is -0.610. The van der Waals surface area contributed by atoms with Crippen molar-refractivity contribution in [3.8, 4) is 0 Å². The molecule has 0 heterocycles. The summed E-state index contributed by atoms with van der Waals surface area (Å²) >= 11 is 0. The minimum atomic E-state index is -0.0405. The average Bonchev–Trinajstić information content (AvgIpc) is 2.11. The van der Waals surface area contributed by atoms with Crippen molar-refractivity contribution in [1.29, 1.82) is 0 Å². The van der Waals surface area contributed by atoms with E-state index in [0.717, 1.165) is 13.0 Å². The van der Waals surface area contributed by atoms with Gasteiger partial charge in [-0.25, -0.2) is 5.48 Å². The lowest BCUT2D eigenvalue weighted by molar-refractivity contribution is -0.134. The number of hydrogen-bond acceptors (Lipinski definition) is 3. The van der Waals surface area contributed by atoms with Gasteiger partial charge in [0.1, 0.15) is 0 Å². The highest BCUT2D eigenvalue weighted by molar-refractivity contribution is 5.74. The predicted octanol–water partition coefficient (Wildman–Crippen LogP) is 1.47. The summed E-state index contributed by atoms with van der Waals surface area (Å²) < 4.78 is 0. The third-order valence-corrected chi connectivity index (χ3v) is 1.74. The SMILES string of the molecule is CC(C)CONC(=O)CCCNC(C)C. The smallest absolute Gasteiger partial charge is 0.243 e. The third kappa shape index (κ3) is 11.3. The molecular formula is C11H24N2O2. The van der Waals surface area contributed by atoms with E-state index in [1.807, 2.05) is 13.8 Å². The largest absolute Gasteiger partial charge is 0.315 e. The summed E-state index contributed by atoms with van der Waals surface area (Å²) in [5, 5.41) is 3.25. The maximum Gasteiger partial charge on any atom is 0.243 e. The first-order valence-corrected chi connectivity index (χ1v) is 5.66. The second-order valence-electron chi connectivity index (χ2n) is 4.44. The molecule has 0 fully saturated rings. The minimum Gasteiger partial charge on any atom is -0.315 e. The van der Waals surface area contributed by atoms with E-state index >= 15 is 0 Å². The normalized spacial score (nSPS) is 11.1. The van der Waals surface area contributed by atoms with Crippen LogP contribution >= 0.6 is 0 Å². The zero-order valence-electron chi connectivity index (χ0n) is 10.3. The van der Waals surface area contributed by atoms with Gasteiger partial charge in [-0.2, -0.15) is 0 Å². The van der Waals surface area contributed by atoms with Crippen molar-refractivity contribution in [2.75, 3.05) is 13.2 Å². The summed E-state index contributed by atoms with van der Waals surface area (Å²) in [6, 6.07) is 0.477. The summed E-state index contributed by atoms with van der Waals surface area (Å²) in [6.45, 7) is 9.69. The molecule has 0 aliphatic carbocycles. The number of nitrogens with one attached hydrogen (secondary N) is 2. The molecule has 0 aromatic carbocycles. The molecule has 0 saturated heterocycles. The maximum atomic E-state index is 11.2. The molecule has 1 amide bonds. The number of carbonyl (C=O) groups excluding carboxylic acids is 1. The fourth-order valence-corrected chi connectivity index (χ4v) is 0.980. The van der Waals surface area contributed by atoms with Crippen molar-refractivity contribution in [2.45, 2.75) is 46.6 Å². The number of amides is 1. The van der Waals surface area contributed by atoms with Crippen LogP contribution in [0, 0.1) is 5.92 Å². The van der Waals surface area contributed by atoms with Gasteiger partial charge in [0.15, 0.2) is 0 Å². The van der Waals surface area contributed by atoms with E-state index in [-0.39, 0.29) is 5.91 Å². The van der Waals surface area contributed by atoms with Crippen molar-refractivity contribution in [3.05, 3.63) is 0 Å². The Morgan fingerprint density at radius 1 is 1.27 bits per heavy atom. The molecule has 2 N–H and O–H groups in total. The molecule has 4 heteroatoms. The molecule has 4 nitrogen and oxygen atoms in total. The van der Waals surface area contributed by atoms with E-state index in [1.54, 1.807) is 0 Å². The lowest BCUT2D eigenvalue weighted by Crippen LogP contribution is -2.28. The van der Waals surface area contributed by atoms with Gasteiger partial charge in [0, 0.05) is 12.5 Å². The molecule has 0 aromatic heterocycles. The molecule has 0 aliphatic rings. The quantitative estimate of drug-likeness (QED) is 0.477. The highest BCUT2D eigenvalue weighted by Gasteiger charge is 2.01. The third-order valence-electron chi connectivity index (χ3n) is 1.74. The monoisotopic (exact) mass is 216 g/mol. The van der Waals surface area contributed by atoms with Crippen LogP contribution in [0.4, 0.5) is 0 Å². The standard InChI is InChI=1S/C11H24N2O2/c1-9(2)8-15-13-11(14)6-5-7-12-10(3)4/h9-10,12H,5-8H2,1-4H3,(H,13,14). The van der Waals surface area contributed by atoms with Crippen LogP contribution in [0.3, 0.4) is 0 Å². The summed E-state index contributed by atoms with van der Waals surface area (Å²) in [4.78, 5) is 16.2. The van der Waals surface area contributed by atoms with E-state index < -0.39 is 0 Å². The van der Waals surface area contributed by atoms with Crippen molar-refractivity contribution in [1.82, 2.24) is 10.8 Å². The van der Waals surface area contributed by atoms with Crippen LogP contribution in [0.1, 0.15) is 40.5 Å². The van der Waals surface area contributed by atoms with Crippen LogP contribution in [-0.4, -0.2) is 25.1 Å². The van der Waals surface area contributed by atoms with E-state index in [1.165, 1.54) is 0 Å². The van der Waals surface area contributed by atoms with Gasteiger partial charge in [-0.05, 0) is 18.9 Å². The van der Waals surface area contributed by atoms with E-state index in [9.17, 15) is 4.79 Å². The average molecular weight is 216 g/mol. The maximum absolute atomic E-state index is 11.2. The molecule has 90 valence electrons. The second-order valence-corrected chi connectivity index (χ2v) is 4.44. The summed E-state index contributed by atoms with van der Waals surface area (Å²) in [5.74, 6) is 0.397. The lowest BCUT2D eigenvalue weighted by Gasteiger charge is -2.09. The molecule has 0 unspecified atom stereocenters. The number of hydrogen-bond donors (Lipinski definition) is 2. The van der Waals surface area contributed by atoms with Gasteiger partial charge < -0.3 is 5.32 Å². The van der Waals surface area contributed by atoms with Gasteiger partial charge in [-0.1, -0.05) is 27.7 Å². The van der Waals surface area contributed by atoms with Crippen LogP contribution in [0.5, 0.6) is 0 Å². The molecule has 0 rings (SSSR count). The van der Waals surface area contributed by atoms with Crippen LogP contribution in [0.25, 0.3) is 0 Å². The van der Waals surface area contributed by atoms with Gasteiger partial charge in [-0.3, -0.25) is 9.63 Å². The lowest BCUT2D eigenvalue weighted by atomic mass is 10.2. The predicted molar refractivity (Wildman–Crippen MR) is 61.3 cm³/mol. The summed E-state index contributed by atoms with van der Waals surface area (Å²) in [5.41, 5.74) is 2.44. The second kappa shape index (κ2) is 8.68. The zero-order chi connectivity index (χ0) is 11.7. The van der Waals surface area contributed by atoms with Crippen LogP contribution in [-0.2, 0) is 9.63 Å². The van der Waals surface area contributed by atoms with Gasteiger partial charge in [0.2, 0.25) is 5.91 Å². The van der Waals surface area contributed by atoms with Crippen LogP contribution in [0.2, 0.25) is 0 Å². The molecule has 15 heavy (non-hydrogen) atoms. The number of hydroxylamine groups is 1. The zero-order valence-corrected chi connectivity index (χ0v) is 10.3. The topological polar surface area (TPSA) is 50.4 Å². The molecule has 0 spiro atoms. The molecule has 0 atom stereocenters. The van der Waals surface area contributed by atoms with Gasteiger partial charge in [0.25, 0.3) is 0 Å². The fourth-order valence-electron chi connectivity index (χ4n) is 0.980. The van der Waals surface area contributed by atoms with Crippen molar-refractivity contribution in [3.63, 3.8) is 0 Å². The number of carbonyl (C=O) groups is 1. The highest BCUT2D eigenvalue weighted by Crippen LogP contribution is 1.92. The van der Waals surface area contributed by atoms with Crippen LogP contribution < -0.4 is 10.8 Å². The van der Waals surface area contributed by atoms with Crippen molar-refractivity contribution in [2.24, 2.45) is 5.92 Å². The Morgan fingerprint density at radius 2 is 1.93 bits per heavy atom. The van der Waals surface area contributed by atoms with Crippen molar-refractivity contribution >= 4 is 5.91 Å². The Bertz CT molecular complexity index is 170. The molecular weight excluding hydrogens is 192 g/mol. The minimum absolute atomic E-state index is 0.0405. The highest BCUT2D eigenvalue weighted by atomic mass is 16.6. The Labute approximate surface area is 92.7 Å². The van der Waals surface area contributed by atoms with Gasteiger partial charge >= 0.3 is 0 Å². The number of rotatable bonds is 8. The van der Waals surface area contributed by atoms with E-state index in [2.05, 4.69) is 24.6 Å². The first-order chi connectivity index (χ1) is 7.02. The van der Waals surface area contributed by atoms with Gasteiger partial charge in [-0.15, -0.1) is 0 Å². The Morgan fingerprint density at radius 3 is 2.47 bits per heavy atom. The first-order valence-electron chi connectivity index (χ1n) is 5.66. The molecule has 0 aliphatic heterocycles. The molecule has 0 bridgehead atoms.